The molecule has 1 fully saturated rings. The monoisotopic (exact) mass is 184 g/mol. The highest BCUT2D eigenvalue weighted by molar-refractivity contribution is 8.14. The van der Waals surface area contributed by atoms with Crippen molar-refractivity contribution in [3.05, 3.63) is 0 Å². The predicted molar refractivity (Wildman–Crippen MR) is 54.7 cm³/mol. The van der Waals surface area contributed by atoms with Gasteiger partial charge in [-0.3, -0.25) is 4.99 Å². The smallest absolute Gasteiger partial charge is 0.157 e. The number of hydrogen-bond donors (Lipinski definition) is 1. The topological polar surface area (TPSA) is 24.4 Å². The number of amidine groups is 1. The quantitative estimate of drug-likeness (QED) is 0.708. The van der Waals surface area contributed by atoms with Crippen LogP contribution in [0.4, 0.5) is 0 Å². The van der Waals surface area contributed by atoms with Crippen LogP contribution < -0.4 is 5.32 Å². The van der Waals surface area contributed by atoms with E-state index in [0.717, 1.165) is 23.4 Å². The van der Waals surface area contributed by atoms with E-state index in [2.05, 4.69) is 24.2 Å². The van der Waals surface area contributed by atoms with E-state index in [0.29, 0.717) is 0 Å². The Kier molecular flexibility index (Phi) is 2.07. The Hall–Kier alpha value is -0.180. The van der Waals surface area contributed by atoms with E-state index in [9.17, 15) is 0 Å². The summed E-state index contributed by atoms with van der Waals surface area (Å²) in [7, 11) is 0. The van der Waals surface area contributed by atoms with Crippen LogP contribution in [0.3, 0.4) is 0 Å². The molecule has 1 N–H and O–H groups in total. The first-order valence-corrected chi connectivity index (χ1v) is 5.62. The molecule has 12 heavy (non-hydrogen) atoms. The van der Waals surface area contributed by atoms with Gasteiger partial charge in [-0.1, -0.05) is 11.8 Å². The molecule has 1 heterocycles. The molecule has 2 aliphatic rings. The number of rotatable bonds is 2. The van der Waals surface area contributed by atoms with Crippen LogP contribution in [-0.2, 0) is 0 Å². The second kappa shape index (κ2) is 2.95. The first-order valence-electron chi connectivity index (χ1n) is 4.64. The van der Waals surface area contributed by atoms with E-state index in [4.69, 9.17) is 0 Å². The van der Waals surface area contributed by atoms with Gasteiger partial charge in [-0.2, -0.15) is 0 Å². The zero-order valence-corrected chi connectivity index (χ0v) is 8.58. The van der Waals surface area contributed by atoms with Crippen LogP contribution in [0.2, 0.25) is 0 Å². The normalized spacial score (nSPS) is 24.0. The summed E-state index contributed by atoms with van der Waals surface area (Å²) in [5, 5.41) is 4.69. The molecule has 0 bridgehead atoms. The molecule has 2 nitrogen and oxygen atoms in total. The fourth-order valence-electron chi connectivity index (χ4n) is 1.59. The lowest BCUT2D eigenvalue weighted by molar-refractivity contribution is 0.404. The Morgan fingerprint density at radius 2 is 2.25 bits per heavy atom. The molecule has 0 aromatic heterocycles. The van der Waals surface area contributed by atoms with Gasteiger partial charge in [-0.25, -0.2) is 0 Å². The molecule has 3 heteroatoms. The van der Waals surface area contributed by atoms with Crippen molar-refractivity contribution in [1.82, 2.24) is 5.32 Å². The highest BCUT2D eigenvalue weighted by Crippen LogP contribution is 2.39. The highest BCUT2D eigenvalue weighted by atomic mass is 32.2. The summed E-state index contributed by atoms with van der Waals surface area (Å²) >= 11 is 1.85. The lowest BCUT2D eigenvalue weighted by atomic mass is 9.99. The van der Waals surface area contributed by atoms with Crippen molar-refractivity contribution in [2.45, 2.75) is 32.2 Å². The number of hydrogen-bond acceptors (Lipinski definition) is 3. The molecule has 0 atom stereocenters. The van der Waals surface area contributed by atoms with E-state index in [1.54, 1.807) is 0 Å². The number of nitrogens with one attached hydrogen (secondary N) is 1. The molecule has 0 amide bonds. The number of thioether (sulfide) groups is 1. The summed E-state index contributed by atoms with van der Waals surface area (Å²) in [6.45, 7) is 5.56. The summed E-state index contributed by atoms with van der Waals surface area (Å²) in [6, 6.07) is 0. The maximum absolute atomic E-state index is 4.40. The van der Waals surface area contributed by atoms with E-state index >= 15 is 0 Å². The Balaban J connectivity index is 1.91. The minimum Gasteiger partial charge on any atom is -0.360 e. The van der Waals surface area contributed by atoms with Crippen molar-refractivity contribution in [3.63, 3.8) is 0 Å². The van der Waals surface area contributed by atoms with Crippen LogP contribution >= 0.6 is 11.8 Å². The molecule has 0 unspecified atom stereocenters. The minimum atomic E-state index is 0.274. The van der Waals surface area contributed by atoms with Crippen LogP contribution in [0.15, 0.2) is 4.99 Å². The molecule has 0 saturated heterocycles. The SMILES string of the molecule is CC(C)(NC1=NCCS1)C1CC1. The van der Waals surface area contributed by atoms with Crippen LogP contribution in [0, 0.1) is 5.92 Å². The third-order valence-electron chi connectivity index (χ3n) is 2.61. The molecule has 1 saturated carbocycles. The lowest BCUT2D eigenvalue weighted by Gasteiger charge is -2.26. The summed E-state index contributed by atoms with van der Waals surface area (Å²) in [5.74, 6) is 2.03. The fraction of sp³-hybridized carbons (Fsp3) is 0.889. The van der Waals surface area contributed by atoms with Crippen molar-refractivity contribution in [1.29, 1.82) is 0 Å². The molecule has 0 aromatic carbocycles. The number of aliphatic imine (C=N–C) groups is 1. The molecule has 2 rings (SSSR count). The predicted octanol–water partition coefficient (Wildman–Crippen LogP) is 1.87. The maximum atomic E-state index is 4.40. The summed E-state index contributed by atoms with van der Waals surface area (Å²) in [6.07, 6.45) is 2.77. The number of nitrogens with zero attached hydrogens (tertiary/aromatic N) is 1. The fourth-order valence-corrected chi connectivity index (χ4v) is 2.49. The maximum Gasteiger partial charge on any atom is 0.157 e. The first kappa shape index (κ1) is 8.42. The van der Waals surface area contributed by atoms with E-state index < -0.39 is 0 Å². The Morgan fingerprint density at radius 3 is 2.75 bits per heavy atom. The Labute approximate surface area is 78.2 Å². The largest absolute Gasteiger partial charge is 0.360 e. The molecule has 1 aliphatic heterocycles. The van der Waals surface area contributed by atoms with E-state index in [1.807, 2.05) is 11.8 Å². The van der Waals surface area contributed by atoms with Gasteiger partial charge < -0.3 is 5.32 Å². The van der Waals surface area contributed by atoms with Gasteiger partial charge in [0, 0.05) is 11.3 Å². The van der Waals surface area contributed by atoms with Gasteiger partial charge >= 0.3 is 0 Å². The summed E-state index contributed by atoms with van der Waals surface area (Å²) in [5.41, 5.74) is 0.274. The summed E-state index contributed by atoms with van der Waals surface area (Å²) in [4.78, 5) is 4.40. The Bertz CT molecular complexity index is 207. The van der Waals surface area contributed by atoms with Crippen molar-refractivity contribution >= 4 is 16.9 Å². The van der Waals surface area contributed by atoms with E-state index in [-0.39, 0.29) is 5.54 Å². The first-order chi connectivity index (χ1) is 5.68. The van der Waals surface area contributed by atoms with Crippen LogP contribution in [0.5, 0.6) is 0 Å². The van der Waals surface area contributed by atoms with Gasteiger partial charge in [0.25, 0.3) is 0 Å². The minimum absolute atomic E-state index is 0.274. The van der Waals surface area contributed by atoms with Crippen molar-refractivity contribution in [3.8, 4) is 0 Å². The average Bonchev–Trinajstić information content (AvgIpc) is 2.74. The molecule has 0 radical (unpaired) electrons. The zero-order chi connectivity index (χ0) is 8.60. The van der Waals surface area contributed by atoms with Crippen molar-refractivity contribution < 1.29 is 0 Å². The van der Waals surface area contributed by atoms with Gasteiger partial charge in [-0.15, -0.1) is 0 Å². The summed E-state index contributed by atoms with van der Waals surface area (Å²) < 4.78 is 0. The molecule has 0 spiro atoms. The van der Waals surface area contributed by atoms with Crippen molar-refractivity contribution in [2.24, 2.45) is 10.9 Å². The molecule has 68 valence electrons. The van der Waals surface area contributed by atoms with Gasteiger partial charge in [0.15, 0.2) is 5.17 Å². The van der Waals surface area contributed by atoms with Gasteiger partial charge in [-0.05, 0) is 32.6 Å². The molecular formula is C9H16N2S. The average molecular weight is 184 g/mol. The van der Waals surface area contributed by atoms with Crippen LogP contribution in [0.25, 0.3) is 0 Å². The standard InChI is InChI=1S/C9H16N2S/c1-9(2,7-3-4-7)11-8-10-5-6-12-8/h7H,3-6H2,1-2H3,(H,10,11). The van der Waals surface area contributed by atoms with Crippen molar-refractivity contribution in [2.75, 3.05) is 12.3 Å². The van der Waals surface area contributed by atoms with Crippen LogP contribution in [-0.4, -0.2) is 23.0 Å². The second-order valence-electron chi connectivity index (χ2n) is 4.16. The van der Waals surface area contributed by atoms with Crippen LogP contribution in [0.1, 0.15) is 26.7 Å². The molecule has 0 aromatic rings. The van der Waals surface area contributed by atoms with Gasteiger partial charge in [0.1, 0.15) is 0 Å². The molecule has 1 aliphatic carbocycles. The van der Waals surface area contributed by atoms with Gasteiger partial charge in [0.05, 0.1) is 6.54 Å². The second-order valence-corrected chi connectivity index (χ2v) is 5.24. The Morgan fingerprint density at radius 1 is 1.50 bits per heavy atom. The third kappa shape index (κ3) is 1.76. The lowest BCUT2D eigenvalue weighted by Crippen LogP contribution is -2.43. The van der Waals surface area contributed by atoms with Gasteiger partial charge in [0.2, 0.25) is 0 Å². The molecular weight excluding hydrogens is 168 g/mol. The van der Waals surface area contributed by atoms with E-state index in [1.165, 1.54) is 12.8 Å². The third-order valence-corrected chi connectivity index (χ3v) is 3.50. The highest BCUT2D eigenvalue weighted by Gasteiger charge is 2.38. The zero-order valence-electron chi connectivity index (χ0n) is 7.76.